The van der Waals surface area contributed by atoms with Gasteiger partial charge in [0.1, 0.15) is 13.2 Å². The third kappa shape index (κ3) is 50.2. The first-order chi connectivity index (χ1) is 32.6. The molecule has 0 rings (SSSR count). The minimum Gasteiger partial charge on any atom is -0.545 e. The summed E-state index contributed by atoms with van der Waals surface area (Å²) < 4.78 is 22.6. The van der Waals surface area contributed by atoms with Crippen molar-refractivity contribution in [2.45, 2.75) is 219 Å². The molecule has 0 bridgehead atoms. The van der Waals surface area contributed by atoms with E-state index in [0.29, 0.717) is 17.4 Å². The number of carboxylic acid groups (broad SMARTS) is 1. The number of aliphatic carboxylic acids is 1. The van der Waals surface area contributed by atoms with Gasteiger partial charge in [-0.1, -0.05) is 189 Å². The lowest BCUT2D eigenvalue weighted by Gasteiger charge is -2.26. The second-order valence-electron chi connectivity index (χ2n) is 18.8. The van der Waals surface area contributed by atoms with Gasteiger partial charge in [0.2, 0.25) is 0 Å². The Labute approximate surface area is 410 Å². The molecule has 2 unspecified atom stereocenters. The molecule has 9 nitrogen and oxygen atoms in total. The van der Waals surface area contributed by atoms with Gasteiger partial charge in [0.05, 0.1) is 40.3 Å². The average molecular weight is 938 g/mol. The smallest absolute Gasteiger partial charge is 0.306 e. The highest BCUT2D eigenvalue weighted by molar-refractivity contribution is 5.70. The summed E-state index contributed by atoms with van der Waals surface area (Å²) in [5.74, 6) is -2.33. The molecular weight excluding hydrogens is 839 g/mol. The predicted octanol–water partition coefficient (Wildman–Crippen LogP) is 13.9. The van der Waals surface area contributed by atoms with Crippen molar-refractivity contribution in [2.75, 3.05) is 47.5 Å². The fourth-order valence-electron chi connectivity index (χ4n) is 7.00. The summed E-state index contributed by atoms with van der Waals surface area (Å²) in [6.45, 7) is 4.58. The van der Waals surface area contributed by atoms with Crippen LogP contribution in [0.25, 0.3) is 0 Å². The summed E-state index contributed by atoms with van der Waals surface area (Å²) in [6.07, 6.45) is 60.5. The quantitative estimate of drug-likeness (QED) is 0.0195. The highest BCUT2D eigenvalue weighted by Gasteiger charge is 2.22. The van der Waals surface area contributed by atoms with Crippen LogP contribution in [0.5, 0.6) is 0 Å². The maximum atomic E-state index is 12.8. The summed E-state index contributed by atoms with van der Waals surface area (Å²) >= 11 is 0. The molecule has 0 fully saturated rings. The molecule has 0 aromatic carbocycles. The number of hydrogen-bond donors (Lipinski definition) is 0. The van der Waals surface area contributed by atoms with Gasteiger partial charge in [-0.05, 0) is 89.9 Å². The zero-order chi connectivity index (χ0) is 49.2. The van der Waals surface area contributed by atoms with Gasteiger partial charge in [-0.3, -0.25) is 9.59 Å². The predicted molar refractivity (Wildman–Crippen MR) is 278 cm³/mol. The lowest BCUT2D eigenvalue weighted by atomic mass is 10.1. The Hall–Kier alpha value is -3.53. The van der Waals surface area contributed by atoms with Crippen molar-refractivity contribution in [1.29, 1.82) is 0 Å². The van der Waals surface area contributed by atoms with E-state index in [0.717, 1.165) is 96.3 Å². The molecule has 0 aliphatic heterocycles. The van der Waals surface area contributed by atoms with E-state index in [1.54, 1.807) is 0 Å². The fourth-order valence-corrected chi connectivity index (χ4v) is 7.00. The first-order valence-electron chi connectivity index (χ1n) is 26.7. The van der Waals surface area contributed by atoms with Crippen molar-refractivity contribution in [1.82, 2.24) is 0 Å². The van der Waals surface area contributed by atoms with E-state index in [4.69, 9.17) is 18.9 Å². The van der Waals surface area contributed by atoms with Crippen molar-refractivity contribution < 1.29 is 42.9 Å². The Bertz CT molecular complexity index is 1370. The van der Waals surface area contributed by atoms with Gasteiger partial charge in [0, 0.05) is 12.8 Å². The SMILES string of the molecule is CC/C=C\C/C=C\C/C=C\C/C=C\CCCCCCC(=O)OC(COC(=O)CCCCCCCCCCCC/C=C\C/C=C\C/C=C\CCCCCCC)COC(OCC[N+](C)(C)C)C(=O)[O-]. The number of hydrogen-bond acceptors (Lipinski definition) is 8. The normalized spacial score (nSPS) is 13.5. The Morgan fingerprint density at radius 2 is 0.851 bits per heavy atom. The Morgan fingerprint density at radius 3 is 1.27 bits per heavy atom. The number of carboxylic acids is 1. The molecule has 0 saturated carbocycles. The van der Waals surface area contributed by atoms with Gasteiger partial charge >= 0.3 is 11.9 Å². The van der Waals surface area contributed by atoms with E-state index in [2.05, 4.69) is 98.9 Å². The van der Waals surface area contributed by atoms with Gasteiger partial charge in [0.25, 0.3) is 0 Å². The Balaban J connectivity index is 4.33. The maximum absolute atomic E-state index is 12.8. The number of esters is 2. The standard InChI is InChI=1S/C58H99NO8/c1-6-8-10-12-14-16-18-20-22-24-25-26-27-28-29-30-31-33-34-36-38-40-42-44-46-48-55(60)65-52-54(53-66-58(57(62)63)64-51-50-59(3,4)5)67-56(61)49-47-45-43-41-39-37-35-32-23-21-19-17-15-13-11-9-7-2/h9,11,15,17-18,20-21,23-25,27-28,35,37,54,58H,6-8,10,12-14,16,19,22,26,29-34,36,38-53H2,1-5H3/b11-9-,17-15-,20-18-,23-21-,25-24-,28-27-,37-35-. The van der Waals surface area contributed by atoms with E-state index < -0.39 is 24.3 Å². The highest BCUT2D eigenvalue weighted by Crippen LogP contribution is 2.14. The molecule has 2 atom stereocenters. The zero-order valence-electron chi connectivity index (χ0n) is 43.5. The number of carbonyl (C=O) groups is 3. The first-order valence-corrected chi connectivity index (χ1v) is 26.7. The van der Waals surface area contributed by atoms with Crippen LogP contribution in [0.1, 0.15) is 206 Å². The Morgan fingerprint density at radius 1 is 0.463 bits per heavy atom. The molecule has 0 heterocycles. The van der Waals surface area contributed by atoms with Crippen LogP contribution in [0.3, 0.4) is 0 Å². The summed E-state index contributed by atoms with van der Waals surface area (Å²) in [7, 11) is 5.90. The lowest BCUT2D eigenvalue weighted by Crippen LogP contribution is -2.44. The van der Waals surface area contributed by atoms with Crippen LogP contribution in [-0.4, -0.2) is 82.3 Å². The van der Waals surface area contributed by atoms with Gasteiger partial charge in [-0.15, -0.1) is 0 Å². The van der Waals surface area contributed by atoms with E-state index in [9.17, 15) is 19.5 Å². The van der Waals surface area contributed by atoms with Crippen molar-refractivity contribution >= 4 is 17.9 Å². The van der Waals surface area contributed by atoms with Gasteiger partial charge in [0.15, 0.2) is 12.4 Å². The zero-order valence-corrected chi connectivity index (χ0v) is 43.5. The third-order valence-corrected chi connectivity index (χ3v) is 11.1. The second-order valence-corrected chi connectivity index (χ2v) is 18.8. The first kappa shape index (κ1) is 63.5. The van der Waals surface area contributed by atoms with E-state index in [1.165, 1.54) is 77.0 Å². The van der Waals surface area contributed by atoms with Gasteiger partial charge in [-0.25, -0.2) is 0 Å². The number of rotatable bonds is 48. The topological polar surface area (TPSA) is 111 Å². The molecule has 0 radical (unpaired) electrons. The van der Waals surface area contributed by atoms with E-state index >= 15 is 0 Å². The molecule has 0 aromatic rings. The van der Waals surface area contributed by atoms with Gasteiger partial charge in [-0.2, -0.15) is 0 Å². The van der Waals surface area contributed by atoms with Crippen LogP contribution >= 0.6 is 0 Å². The van der Waals surface area contributed by atoms with Gasteiger partial charge < -0.3 is 33.3 Å². The third-order valence-electron chi connectivity index (χ3n) is 11.1. The number of allylic oxidation sites excluding steroid dienone is 14. The highest BCUT2D eigenvalue weighted by atomic mass is 16.7. The number of ether oxygens (including phenoxy) is 4. The monoisotopic (exact) mass is 938 g/mol. The molecule has 0 aliphatic rings. The van der Waals surface area contributed by atoms with Crippen molar-refractivity contribution in [2.24, 2.45) is 0 Å². The molecule has 67 heavy (non-hydrogen) atoms. The molecular formula is C58H99NO8. The van der Waals surface area contributed by atoms with Crippen LogP contribution in [-0.2, 0) is 33.3 Å². The van der Waals surface area contributed by atoms with Crippen LogP contribution in [0, 0.1) is 0 Å². The molecule has 0 aromatic heterocycles. The van der Waals surface area contributed by atoms with Crippen LogP contribution in [0.2, 0.25) is 0 Å². The van der Waals surface area contributed by atoms with E-state index in [-0.39, 0.29) is 38.6 Å². The molecule has 0 amide bonds. The summed E-state index contributed by atoms with van der Waals surface area (Å²) in [5.41, 5.74) is 0. The number of likely N-dealkylation sites (N-methyl/N-ethyl adjacent to an activating group) is 1. The molecule has 0 saturated heterocycles. The van der Waals surface area contributed by atoms with E-state index in [1.807, 2.05) is 21.1 Å². The average Bonchev–Trinajstić information content (AvgIpc) is 3.29. The lowest BCUT2D eigenvalue weighted by molar-refractivity contribution is -0.870. The number of quaternary nitrogens is 1. The van der Waals surface area contributed by atoms with Crippen LogP contribution in [0.4, 0.5) is 0 Å². The number of carbonyl (C=O) groups excluding carboxylic acids is 3. The summed E-state index contributed by atoms with van der Waals surface area (Å²) in [5, 5.41) is 11.7. The van der Waals surface area contributed by atoms with Crippen molar-refractivity contribution in [3.63, 3.8) is 0 Å². The minimum absolute atomic E-state index is 0.138. The number of unbranched alkanes of at least 4 members (excludes halogenated alkanes) is 19. The van der Waals surface area contributed by atoms with Crippen LogP contribution < -0.4 is 5.11 Å². The van der Waals surface area contributed by atoms with Crippen LogP contribution in [0.15, 0.2) is 85.1 Å². The number of nitrogens with zero attached hydrogens (tertiary/aromatic N) is 1. The molecule has 384 valence electrons. The summed E-state index contributed by atoms with van der Waals surface area (Å²) in [6, 6.07) is 0. The fraction of sp³-hybridized carbons (Fsp3) is 0.707. The minimum atomic E-state index is -1.63. The van der Waals surface area contributed by atoms with Crippen molar-refractivity contribution in [3.8, 4) is 0 Å². The Kier molecular flexibility index (Phi) is 46.3. The molecule has 0 N–H and O–H groups in total. The van der Waals surface area contributed by atoms with Crippen molar-refractivity contribution in [3.05, 3.63) is 85.1 Å². The summed E-state index contributed by atoms with van der Waals surface area (Å²) in [4.78, 5) is 37.2. The maximum Gasteiger partial charge on any atom is 0.306 e. The second kappa shape index (κ2) is 48.9. The molecule has 9 heteroatoms. The molecule has 0 aliphatic carbocycles. The largest absolute Gasteiger partial charge is 0.545 e. The molecule has 0 spiro atoms.